The molecule has 19 heavy (non-hydrogen) atoms. The van der Waals surface area contributed by atoms with Gasteiger partial charge in [0.25, 0.3) is 0 Å². The minimum Gasteiger partial charge on any atom is -0.324 e. The summed E-state index contributed by atoms with van der Waals surface area (Å²) in [7, 11) is 0. The van der Waals surface area contributed by atoms with Gasteiger partial charge in [0.15, 0.2) is 0 Å². The largest absolute Gasteiger partial charge is 0.324 e. The first kappa shape index (κ1) is 15.2. The lowest BCUT2D eigenvalue weighted by Crippen LogP contribution is -2.14. The lowest BCUT2D eigenvalue weighted by molar-refractivity contribution is 0.618. The Kier molecular flexibility index (Phi) is 5.17. The Bertz CT molecular complexity index is 601. The molecule has 0 saturated carbocycles. The van der Waals surface area contributed by atoms with Crippen LogP contribution in [0, 0.1) is 5.82 Å². The predicted octanol–water partition coefficient (Wildman–Crippen LogP) is 5.36. The first-order valence-corrected chi connectivity index (χ1v) is 7.99. The van der Waals surface area contributed by atoms with E-state index in [0.29, 0.717) is 10.9 Å². The molecule has 1 nitrogen and oxygen atoms in total. The molecule has 2 N–H and O–H groups in total. The van der Waals surface area contributed by atoms with Crippen molar-refractivity contribution >= 4 is 47.8 Å². The average Bonchev–Trinajstić information content (AvgIpc) is 2.36. The van der Waals surface area contributed by atoms with E-state index in [1.54, 1.807) is 12.1 Å². The molecule has 2 rings (SSSR count). The Hall–Kier alpha value is -0.230. The van der Waals surface area contributed by atoms with Gasteiger partial charge in [-0.1, -0.05) is 37.9 Å². The molecule has 5 heteroatoms. The minimum absolute atomic E-state index is 0.149. The van der Waals surface area contributed by atoms with Crippen molar-refractivity contribution in [1.82, 2.24) is 0 Å². The number of benzene rings is 2. The normalized spacial score (nSPS) is 12.5. The fourth-order valence-electron chi connectivity index (χ4n) is 1.83. The van der Waals surface area contributed by atoms with Crippen LogP contribution in [0.2, 0.25) is 0 Å². The highest BCUT2D eigenvalue weighted by atomic mass is 79.9. The average molecular weight is 452 g/mol. The maximum atomic E-state index is 13.2. The maximum Gasteiger partial charge on any atom is 0.137 e. The van der Waals surface area contributed by atoms with E-state index in [1.807, 2.05) is 18.2 Å². The highest BCUT2D eigenvalue weighted by molar-refractivity contribution is 9.11. The van der Waals surface area contributed by atoms with Crippen molar-refractivity contribution in [3.63, 3.8) is 0 Å². The molecule has 0 saturated heterocycles. The van der Waals surface area contributed by atoms with Gasteiger partial charge in [-0.25, -0.2) is 4.39 Å². The molecule has 100 valence electrons. The van der Waals surface area contributed by atoms with Crippen LogP contribution in [0.15, 0.2) is 49.8 Å². The van der Waals surface area contributed by atoms with Gasteiger partial charge in [-0.05, 0) is 63.8 Å². The van der Waals surface area contributed by atoms with Gasteiger partial charge < -0.3 is 5.73 Å². The van der Waals surface area contributed by atoms with E-state index in [4.69, 9.17) is 5.73 Å². The van der Waals surface area contributed by atoms with Crippen LogP contribution in [0.3, 0.4) is 0 Å². The SMILES string of the molecule is NC(Cc1ccc(F)c(Br)c1)c1cc(Br)ccc1Br. The van der Waals surface area contributed by atoms with Crippen LogP contribution < -0.4 is 5.73 Å². The molecule has 0 spiro atoms. The smallest absolute Gasteiger partial charge is 0.137 e. The number of nitrogens with two attached hydrogens (primary N) is 1. The lowest BCUT2D eigenvalue weighted by Gasteiger charge is -2.15. The maximum absolute atomic E-state index is 13.2. The molecule has 2 aromatic carbocycles. The van der Waals surface area contributed by atoms with Gasteiger partial charge in [-0.15, -0.1) is 0 Å². The zero-order valence-corrected chi connectivity index (χ0v) is 14.6. The Morgan fingerprint density at radius 3 is 2.42 bits per heavy atom. The monoisotopic (exact) mass is 449 g/mol. The molecule has 1 unspecified atom stereocenters. The van der Waals surface area contributed by atoms with Crippen molar-refractivity contribution in [1.29, 1.82) is 0 Å². The van der Waals surface area contributed by atoms with Crippen LogP contribution in [0.5, 0.6) is 0 Å². The fourth-order valence-corrected chi connectivity index (χ4v) is 3.17. The summed E-state index contributed by atoms with van der Waals surface area (Å²) in [4.78, 5) is 0. The van der Waals surface area contributed by atoms with Gasteiger partial charge in [0.05, 0.1) is 4.47 Å². The quantitative estimate of drug-likeness (QED) is 0.668. The van der Waals surface area contributed by atoms with Crippen LogP contribution >= 0.6 is 47.8 Å². The number of rotatable bonds is 3. The Balaban J connectivity index is 2.22. The molecule has 0 radical (unpaired) electrons. The minimum atomic E-state index is -0.263. The Morgan fingerprint density at radius 2 is 1.74 bits per heavy atom. The molecule has 0 heterocycles. The first-order chi connectivity index (χ1) is 8.97. The summed E-state index contributed by atoms with van der Waals surface area (Å²) in [5.41, 5.74) is 8.24. The molecule has 0 fully saturated rings. The molecular weight excluding hydrogens is 441 g/mol. The summed E-state index contributed by atoms with van der Waals surface area (Å²) in [6.07, 6.45) is 0.647. The molecule has 2 aromatic rings. The van der Waals surface area contributed by atoms with Crippen molar-refractivity contribution in [2.75, 3.05) is 0 Å². The third kappa shape index (κ3) is 3.88. The molecule has 1 atom stereocenters. The van der Waals surface area contributed by atoms with E-state index in [9.17, 15) is 4.39 Å². The highest BCUT2D eigenvalue weighted by Crippen LogP contribution is 2.28. The van der Waals surface area contributed by atoms with E-state index >= 15 is 0 Å². The zero-order chi connectivity index (χ0) is 14.0. The number of halogens is 4. The second-order valence-corrected chi connectivity index (χ2v) is 6.85. The summed E-state index contributed by atoms with van der Waals surface area (Å²) in [5, 5.41) is 0. The van der Waals surface area contributed by atoms with Gasteiger partial charge in [-0.3, -0.25) is 0 Å². The number of hydrogen-bond acceptors (Lipinski definition) is 1. The van der Waals surface area contributed by atoms with Crippen molar-refractivity contribution in [2.45, 2.75) is 12.5 Å². The van der Waals surface area contributed by atoms with Crippen LogP contribution in [-0.2, 0) is 6.42 Å². The third-order valence-electron chi connectivity index (χ3n) is 2.80. The van der Waals surface area contributed by atoms with Crippen LogP contribution in [-0.4, -0.2) is 0 Å². The van der Waals surface area contributed by atoms with Gasteiger partial charge in [0.1, 0.15) is 5.82 Å². The van der Waals surface area contributed by atoms with E-state index in [-0.39, 0.29) is 11.9 Å². The number of hydrogen-bond donors (Lipinski definition) is 1. The summed E-state index contributed by atoms with van der Waals surface area (Å²) in [6, 6.07) is 10.7. The standard InChI is InChI=1S/C14H11Br3FN/c15-9-2-3-11(16)10(7-9)14(19)6-8-1-4-13(18)12(17)5-8/h1-5,7,14H,6,19H2. The van der Waals surface area contributed by atoms with Crippen molar-refractivity contribution in [2.24, 2.45) is 5.73 Å². The Labute approximate surface area is 136 Å². The molecule has 0 amide bonds. The molecule has 0 aliphatic heterocycles. The summed E-state index contributed by atoms with van der Waals surface area (Å²) < 4.78 is 15.6. The van der Waals surface area contributed by atoms with Gasteiger partial charge >= 0.3 is 0 Å². The van der Waals surface area contributed by atoms with Crippen LogP contribution in [0.25, 0.3) is 0 Å². The molecule has 0 aliphatic rings. The van der Waals surface area contributed by atoms with Crippen LogP contribution in [0.4, 0.5) is 4.39 Å². The van der Waals surface area contributed by atoms with Gasteiger partial charge in [0, 0.05) is 15.0 Å². The molecular formula is C14H11Br3FN. The second kappa shape index (κ2) is 6.48. The van der Waals surface area contributed by atoms with E-state index in [2.05, 4.69) is 47.8 Å². The Morgan fingerprint density at radius 1 is 1.00 bits per heavy atom. The summed E-state index contributed by atoms with van der Waals surface area (Å²) in [6.45, 7) is 0. The van der Waals surface area contributed by atoms with Gasteiger partial charge in [-0.2, -0.15) is 0 Å². The molecule has 0 aliphatic carbocycles. The topological polar surface area (TPSA) is 26.0 Å². The zero-order valence-electron chi connectivity index (χ0n) is 9.84. The second-order valence-electron chi connectivity index (χ2n) is 4.22. The van der Waals surface area contributed by atoms with Crippen molar-refractivity contribution in [3.8, 4) is 0 Å². The van der Waals surface area contributed by atoms with Crippen molar-refractivity contribution in [3.05, 3.63) is 66.8 Å². The first-order valence-electron chi connectivity index (χ1n) is 5.62. The fraction of sp³-hybridized carbons (Fsp3) is 0.143. The predicted molar refractivity (Wildman–Crippen MR) is 86.6 cm³/mol. The summed E-state index contributed by atoms with van der Waals surface area (Å²) in [5.74, 6) is -0.263. The molecule has 0 bridgehead atoms. The van der Waals surface area contributed by atoms with E-state index in [0.717, 1.165) is 20.1 Å². The van der Waals surface area contributed by atoms with Crippen LogP contribution in [0.1, 0.15) is 17.2 Å². The third-order valence-corrected chi connectivity index (χ3v) is 4.62. The molecule has 0 aromatic heterocycles. The van der Waals surface area contributed by atoms with E-state index in [1.165, 1.54) is 6.07 Å². The van der Waals surface area contributed by atoms with Crippen molar-refractivity contribution < 1.29 is 4.39 Å². The summed E-state index contributed by atoms with van der Waals surface area (Å²) >= 11 is 10.1. The highest BCUT2D eigenvalue weighted by Gasteiger charge is 2.12. The van der Waals surface area contributed by atoms with E-state index < -0.39 is 0 Å². The van der Waals surface area contributed by atoms with Gasteiger partial charge in [0.2, 0.25) is 0 Å². The lowest BCUT2D eigenvalue weighted by atomic mass is 10.00.